The van der Waals surface area contributed by atoms with Gasteiger partial charge >= 0.3 is 0 Å². The number of hydrogen-bond acceptors (Lipinski definition) is 6. The minimum Gasteiger partial charge on any atom is -0.453 e. The maximum absolute atomic E-state index is 6.04. The second kappa shape index (κ2) is 8.09. The summed E-state index contributed by atoms with van der Waals surface area (Å²) in [5, 5.41) is 9.70. The lowest BCUT2D eigenvalue weighted by molar-refractivity contribution is 0.117. The molecule has 4 heterocycles. The van der Waals surface area contributed by atoms with Crippen LogP contribution in [0.5, 0.6) is 0 Å². The fraction of sp³-hybridized carbons (Fsp3) is 0.500. The molecule has 0 saturated carbocycles. The lowest BCUT2D eigenvalue weighted by Crippen LogP contribution is -2.39. The van der Waals surface area contributed by atoms with Gasteiger partial charge in [0.1, 0.15) is 12.1 Å². The number of aryl methyl sites for hydroxylation is 2. The van der Waals surface area contributed by atoms with Crippen molar-refractivity contribution in [2.24, 2.45) is 7.05 Å². The van der Waals surface area contributed by atoms with Gasteiger partial charge in [-0.1, -0.05) is 6.42 Å². The molecule has 7 nitrogen and oxygen atoms in total. The van der Waals surface area contributed by atoms with Gasteiger partial charge in [0.2, 0.25) is 0 Å². The molecule has 0 spiro atoms. The summed E-state index contributed by atoms with van der Waals surface area (Å²) >= 11 is 1.51. The van der Waals surface area contributed by atoms with Crippen LogP contribution in [0.1, 0.15) is 31.4 Å². The zero-order chi connectivity index (χ0) is 17.8. The van der Waals surface area contributed by atoms with Crippen LogP contribution in [0.2, 0.25) is 0 Å². The van der Waals surface area contributed by atoms with E-state index in [1.54, 1.807) is 6.33 Å². The van der Waals surface area contributed by atoms with Gasteiger partial charge in [-0.25, -0.2) is 4.98 Å². The topological polar surface area (TPSA) is 64.9 Å². The number of rotatable bonds is 7. The van der Waals surface area contributed by atoms with Crippen molar-refractivity contribution in [2.45, 2.75) is 55.1 Å². The molecule has 1 fully saturated rings. The molecule has 0 aromatic carbocycles. The second-order valence-electron chi connectivity index (χ2n) is 6.76. The molecule has 0 aliphatic carbocycles. The highest BCUT2D eigenvalue weighted by Crippen LogP contribution is 2.29. The van der Waals surface area contributed by atoms with Gasteiger partial charge in [0.25, 0.3) is 0 Å². The van der Waals surface area contributed by atoms with Crippen LogP contribution in [0.25, 0.3) is 0 Å². The molecule has 1 atom stereocenters. The van der Waals surface area contributed by atoms with E-state index in [1.807, 2.05) is 36.4 Å². The van der Waals surface area contributed by atoms with Gasteiger partial charge in [0, 0.05) is 32.0 Å². The summed E-state index contributed by atoms with van der Waals surface area (Å²) < 4.78 is 10.1. The molecule has 3 aromatic heterocycles. The van der Waals surface area contributed by atoms with Crippen molar-refractivity contribution in [3.63, 3.8) is 0 Å². The highest BCUT2D eigenvalue weighted by Gasteiger charge is 2.23. The molecule has 0 radical (unpaired) electrons. The summed E-state index contributed by atoms with van der Waals surface area (Å²) in [6.07, 6.45) is 12.5. The highest BCUT2D eigenvalue weighted by atomic mass is 32.2. The summed E-state index contributed by atoms with van der Waals surface area (Å²) in [4.78, 5) is 6.70. The Morgan fingerprint density at radius 2 is 2.23 bits per heavy atom. The first kappa shape index (κ1) is 17.4. The standard InChI is InChI=1S/C18H24N6OS/c1-22-14-20-21-18(22)26-17-6-5-16(25-17)12-24-9-3-2-4-15(24)7-10-23-11-8-19-13-23/h5-6,8,11,13-15H,2-4,7,9-10,12H2,1H3. The van der Waals surface area contributed by atoms with Crippen molar-refractivity contribution < 1.29 is 4.42 Å². The van der Waals surface area contributed by atoms with Crippen molar-refractivity contribution in [1.82, 2.24) is 29.2 Å². The molecule has 3 aromatic rings. The lowest BCUT2D eigenvalue weighted by atomic mass is 9.99. The molecular weight excluding hydrogens is 348 g/mol. The van der Waals surface area contributed by atoms with Crippen LogP contribution in [0, 0.1) is 0 Å². The monoisotopic (exact) mass is 372 g/mol. The van der Waals surface area contributed by atoms with E-state index in [2.05, 4.69) is 30.7 Å². The summed E-state index contributed by atoms with van der Waals surface area (Å²) in [6.45, 7) is 3.03. The van der Waals surface area contributed by atoms with Gasteiger partial charge in [-0.3, -0.25) is 4.90 Å². The molecule has 0 amide bonds. The van der Waals surface area contributed by atoms with Crippen molar-refractivity contribution >= 4 is 11.8 Å². The van der Waals surface area contributed by atoms with E-state index in [4.69, 9.17) is 4.42 Å². The first-order chi connectivity index (χ1) is 12.8. The van der Waals surface area contributed by atoms with Gasteiger partial charge < -0.3 is 13.6 Å². The Bertz CT molecular complexity index is 811. The summed E-state index contributed by atoms with van der Waals surface area (Å²) in [7, 11) is 1.94. The molecule has 1 saturated heterocycles. The van der Waals surface area contributed by atoms with E-state index in [1.165, 1.54) is 31.0 Å². The molecule has 4 rings (SSSR count). The molecular formula is C18H24N6OS. The van der Waals surface area contributed by atoms with Crippen LogP contribution in [0.15, 0.2) is 51.8 Å². The number of likely N-dealkylation sites (tertiary alicyclic amines) is 1. The van der Waals surface area contributed by atoms with Crippen molar-refractivity contribution in [1.29, 1.82) is 0 Å². The van der Waals surface area contributed by atoms with Crippen LogP contribution < -0.4 is 0 Å². The smallest absolute Gasteiger partial charge is 0.198 e. The number of nitrogens with zero attached hydrogens (tertiary/aromatic N) is 6. The van der Waals surface area contributed by atoms with E-state index < -0.39 is 0 Å². The first-order valence-electron chi connectivity index (χ1n) is 9.08. The summed E-state index contributed by atoms with van der Waals surface area (Å²) in [6, 6.07) is 4.71. The number of imidazole rings is 1. The number of hydrogen-bond donors (Lipinski definition) is 0. The number of furan rings is 1. The van der Waals surface area contributed by atoms with Crippen molar-refractivity contribution in [2.75, 3.05) is 6.54 Å². The predicted octanol–water partition coefficient (Wildman–Crippen LogP) is 3.20. The van der Waals surface area contributed by atoms with Crippen LogP contribution in [0.4, 0.5) is 0 Å². The quantitative estimate of drug-likeness (QED) is 0.635. The highest BCUT2D eigenvalue weighted by molar-refractivity contribution is 7.99. The van der Waals surface area contributed by atoms with E-state index in [9.17, 15) is 0 Å². The van der Waals surface area contributed by atoms with Crippen LogP contribution in [-0.4, -0.2) is 41.8 Å². The molecule has 1 unspecified atom stereocenters. The largest absolute Gasteiger partial charge is 0.453 e. The predicted molar refractivity (Wildman–Crippen MR) is 98.7 cm³/mol. The van der Waals surface area contributed by atoms with Gasteiger partial charge in [-0.15, -0.1) is 10.2 Å². The Morgan fingerprint density at radius 1 is 1.27 bits per heavy atom. The molecule has 1 aliphatic heterocycles. The van der Waals surface area contributed by atoms with E-state index in [-0.39, 0.29) is 0 Å². The third-order valence-electron chi connectivity index (χ3n) is 4.89. The first-order valence-corrected chi connectivity index (χ1v) is 9.90. The Morgan fingerprint density at radius 3 is 3.04 bits per heavy atom. The molecule has 138 valence electrons. The summed E-state index contributed by atoms with van der Waals surface area (Å²) in [5.41, 5.74) is 0. The third kappa shape index (κ3) is 4.19. The maximum Gasteiger partial charge on any atom is 0.198 e. The number of aromatic nitrogens is 5. The fourth-order valence-corrected chi connectivity index (χ4v) is 4.21. The Labute approximate surface area is 157 Å². The molecule has 8 heteroatoms. The van der Waals surface area contributed by atoms with Gasteiger partial charge in [-0.05, 0) is 49.7 Å². The number of piperidine rings is 1. The molecule has 0 bridgehead atoms. The molecule has 0 N–H and O–H groups in total. The van der Waals surface area contributed by atoms with Crippen molar-refractivity contribution in [3.05, 3.63) is 42.9 Å². The van der Waals surface area contributed by atoms with Gasteiger partial charge in [0.15, 0.2) is 10.2 Å². The Balaban J connectivity index is 1.36. The minimum atomic E-state index is 0.603. The molecule has 1 aliphatic rings. The average molecular weight is 372 g/mol. The van der Waals surface area contributed by atoms with Crippen molar-refractivity contribution in [3.8, 4) is 0 Å². The lowest BCUT2D eigenvalue weighted by Gasteiger charge is -2.35. The normalized spacial score (nSPS) is 18.4. The van der Waals surface area contributed by atoms with Crippen LogP contribution in [-0.2, 0) is 20.1 Å². The van der Waals surface area contributed by atoms with Gasteiger partial charge in [-0.2, -0.15) is 0 Å². The third-order valence-corrected chi connectivity index (χ3v) is 5.86. The van der Waals surface area contributed by atoms with E-state index in [0.29, 0.717) is 6.04 Å². The van der Waals surface area contributed by atoms with Crippen LogP contribution >= 0.6 is 11.8 Å². The van der Waals surface area contributed by atoms with Crippen LogP contribution in [0.3, 0.4) is 0 Å². The SMILES string of the molecule is Cn1cnnc1Sc1ccc(CN2CCCCC2CCn2ccnc2)o1. The zero-order valence-corrected chi connectivity index (χ0v) is 15.8. The molecule has 26 heavy (non-hydrogen) atoms. The van der Waals surface area contributed by atoms with E-state index >= 15 is 0 Å². The average Bonchev–Trinajstić information content (AvgIpc) is 3.39. The zero-order valence-electron chi connectivity index (χ0n) is 15.0. The van der Waals surface area contributed by atoms with E-state index in [0.717, 1.165) is 42.1 Å². The van der Waals surface area contributed by atoms with Gasteiger partial charge in [0.05, 0.1) is 12.9 Å². The summed E-state index contributed by atoms with van der Waals surface area (Å²) in [5.74, 6) is 1.02. The Kier molecular flexibility index (Phi) is 5.40. The Hall–Kier alpha value is -2.06. The fourth-order valence-electron chi connectivity index (χ4n) is 3.47. The second-order valence-corrected chi connectivity index (χ2v) is 7.73. The maximum atomic E-state index is 6.04. The minimum absolute atomic E-state index is 0.603.